The fourth-order valence-electron chi connectivity index (χ4n) is 2.38. The number of carboxylic acids is 1. The van der Waals surface area contributed by atoms with E-state index in [1.807, 2.05) is 6.92 Å². The minimum atomic E-state index is -0.997. The number of amides is 1. The van der Waals surface area contributed by atoms with Gasteiger partial charge in [-0.25, -0.2) is 4.79 Å². The molecule has 0 aliphatic carbocycles. The molecule has 1 N–H and O–H groups in total. The van der Waals surface area contributed by atoms with Gasteiger partial charge in [-0.1, -0.05) is 18.2 Å². The largest absolute Gasteiger partial charge is 0.478 e. The summed E-state index contributed by atoms with van der Waals surface area (Å²) < 4.78 is 0. The number of rotatable bonds is 3. The molecule has 0 aromatic carbocycles. The van der Waals surface area contributed by atoms with E-state index in [9.17, 15) is 9.59 Å². The highest BCUT2D eigenvalue weighted by Gasteiger charge is 2.40. The number of likely N-dealkylation sites (N-methyl/N-ethyl adjacent to an activating group) is 1. The third-order valence-electron chi connectivity index (χ3n) is 3.26. The second-order valence-electron chi connectivity index (χ2n) is 4.47. The third kappa shape index (κ3) is 2.70. The number of hydrogen-bond donors (Lipinski definition) is 1. The highest BCUT2D eigenvalue weighted by Crippen LogP contribution is 2.37. The van der Waals surface area contributed by atoms with Crippen molar-refractivity contribution in [3.63, 3.8) is 0 Å². The van der Waals surface area contributed by atoms with Crippen molar-refractivity contribution in [3.8, 4) is 0 Å². The Bertz CT molecular complexity index is 378. The van der Waals surface area contributed by atoms with Crippen LogP contribution in [-0.4, -0.2) is 51.8 Å². The highest BCUT2D eigenvalue weighted by molar-refractivity contribution is 8.04. The van der Waals surface area contributed by atoms with Gasteiger partial charge in [0.15, 0.2) is 0 Å². The minimum Gasteiger partial charge on any atom is -0.478 e. The molecule has 0 unspecified atom stereocenters. The number of likely N-dealkylation sites (tertiary alicyclic amines) is 1. The van der Waals surface area contributed by atoms with Crippen LogP contribution in [0, 0.1) is 0 Å². The molecular formula is C12H18N2O3S. The van der Waals surface area contributed by atoms with Gasteiger partial charge in [-0.15, -0.1) is 0 Å². The van der Waals surface area contributed by atoms with E-state index in [0.29, 0.717) is 11.6 Å². The van der Waals surface area contributed by atoms with Crippen LogP contribution in [0.25, 0.3) is 0 Å². The first kappa shape index (κ1) is 13.4. The van der Waals surface area contributed by atoms with E-state index in [2.05, 4.69) is 4.90 Å². The van der Waals surface area contributed by atoms with Crippen molar-refractivity contribution in [2.45, 2.75) is 31.6 Å². The van der Waals surface area contributed by atoms with Crippen molar-refractivity contribution in [2.75, 3.05) is 19.6 Å². The molecule has 18 heavy (non-hydrogen) atoms. The summed E-state index contributed by atoms with van der Waals surface area (Å²) in [6, 6.07) is 0. The molecule has 0 radical (unpaired) electrons. The lowest BCUT2D eigenvalue weighted by atomic mass is 10.1. The number of carboxylic acid groups (broad SMARTS) is 1. The fourth-order valence-corrected chi connectivity index (χ4v) is 3.72. The Labute approximate surface area is 111 Å². The van der Waals surface area contributed by atoms with Crippen LogP contribution in [0.15, 0.2) is 11.1 Å². The molecule has 0 aromatic heterocycles. The first-order chi connectivity index (χ1) is 8.63. The van der Waals surface area contributed by atoms with E-state index in [1.165, 1.54) is 18.2 Å². The van der Waals surface area contributed by atoms with Gasteiger partial charge in [0.2, 0.25) is 0 Å². The average molecular weight is 270 g/mol. The monoisotopic (exact) mass is 270 g/mol. The first-order valence-electron chi connectivity index (χ1n) is 6.30. The number of thioether (sulfide) groups is 1. The van der Waals surface area contributed by atoms with Crippen LogP contribution in [0.1, 0.15) is 26.2 Å². The zero-order valence-corrected chi connectivity index (χ0v) is 11.3. The maximum Gasteiger partial charge on any atom is 0.330 e. The van der Waals surface area contributed by atoms with Crippen LogP contribution >= 0.6 is 11.8 Å². The summed E-state index contributed by atoms with van der Waals surface area (Å²) >= 11 is 1.37. The Morgan fingerprint density at radius 2 is 2.11 bits per heavy atom. The molecule has 2 fully saturated rings. The standard InChI is InChI=1S/C12H18N2O3S/c1-2-14-9(8-10(15)16)18-12(11(14)17)13-6-4-3-5-7-13/h8,12H,2-7H2,1H3,(H,15,16)/b9-8+/t12-/m0/s1. The average Bonchev–Trinajstić information content (AvgIpc) is 2.66. The Kier molecular flexibility index (Phi) is 4.29. The van der Waals surface area contributed by atoms with Crippen LogP contribution in [0.3, 0.4) is 0 Å². The van der Waals surface area contributed by atoms with Crippen LogP contribution in [0.2, 0.25) is 0 Å². The summed E-state index contributed by atoms with van der Waals surface area (Å²) in [4.78, 5) is 26.8. The summed E-state index contributed by atoms with van der Waals surface area (Å²) in [5.74, 6) is -0.972. The Hall–Kier alpha value is -1.01. The summed E-state index contributed by atoms with van der Waals surface area (Å²) in [6.07, 6.45) is 4.59. The number of piperidine rings is 1. The van der Waals surface area contributed by atoms with E-state index in [1.54, 1.807) is 4.90 Å². The third-order valence-corrected chi connectivity index (χ3v) is 4.56. The van der Waals surface area contributed by atoms with Gasteiger partial charge < -0.3 is 10.0 Å². The highest BCUT2D eigenvalue weighted by atomic mass is 32.2. The van der Waals surface area contributed by atoms with Gasteiger partial charge >= 0.3 is 5.97 Å². The molecule has 2 saturated heterocycles. The van der Waals surface area contributed by atoms with Gasteiger partial charge in [0.25, 0.3) is 5.91 Å². The van der Waals surface area contributed by atoms with Crippen molar-refractivity contribution >= 4 is 23.6 Å². The van der Waals surface area contributed by atoms with Gasteiger partial charge in [0.05, 0.1) is 11.1 Å². The second-order valence-corrected chi connectivity index (χ2v) is 5.57. The quantitative estimate of drug-likeness (QED) is 0.784. The molecule has 0 saturated carbocycles. The molecule has 2 aliphatic rings. The molecular weight excluding hydrogens is 252 g/mol. The molecule has 2 rings (SSSR count). The summed E-state index contributed by atoms with van der Waals surface area (Å²) in [6.45, 7) is 4.25. The van der Waals surface area contributed by atoms with Crippen molar-refractivity contribution < 1.29 is 14.7 Å². The fraction of sp³-hybridized carbons (Fsp3) is 0.667. The van der Waals surface area contributed by atoms with Crippen molar-refractivity contribution in [1.82, 2.24) is 9.80 Å². The second kappa shape index (κ2) is 5.75. The van der Waals surface area contributed by atoms with Gasteiger partial charge in [-0.2, -0.15) is 0 Å². The normalized spacial score (nSPS) is 28.1. The SMILES string of the molecule is CCN1C(=O)[C@@H](N2CCCCC2)S/C1=C/C(=O)O. The molecule has 100 valence electrons. The Morgan fingerprint density at radius 3 is 2.67 bits per heavy atom. The lowest BCUT2D eigenvalue weighted by molar-refractivity contribution is -0.131. The lowest BCUT2D eigenvalue weighted by Crippen LogP contribution is -2.43. The van der Waals surface area contributed by atoms with Gasteiger partial charge in [-0.05, 0) is 32.9 Å². The lowest BCUT2D eigenvalue weighted by Gasteiger charge is -2.29. The van der Waals surface area contributed by atoms with Crippen molar-refractivity contribution in [1.29, 1.82) is 0 Å². The van der Waals surface area contributed by atoms with Gasteiger partial charge in [0.1, 0.15) is 5.37 Å². The molecule has 6 heteroatoms. The summed E-state index contributed by atoms with van der Waals surface area (Å²) in [5.41, 5.74) is 0. The molecule has 1 amide bonds. The number of aliphatic carboxylic acids is 1. The van der Waals surface area contributed by atoms with Gasteiger partial charge in [-0.3, -0.25) is 9.69 Å². The van der Waals surface area contributed by atoms with E-state index in [-0.39, 0.29) is 11.3 Å². The van der Waals surface area contributed by atoms with E-state index in [0.717, 1.165) is 32.0 Å². The Balaban J connectivity index is 2.14. The maximum absolute atomic E-state index is 12.3. The zero-order chi connectivity index (χ0) is 13.1. The van der Waals surface area contributed by atoms with Crippen molar-refractivity contribution in [2.24, 2.45) is 0 Å². The van der Waals surface area contributed by atoms with Crippen LogP contribution in [-0.2, 0) is 9.59 Å². The smallest absolute Gasteiger partial charge is 0.330 e. The predicted octanol–water partition coefficient (Wildman–Crippen LogP) is 1.32. The number of nitrogens with zero attached hydrogens (tertiary/aromatic N) is 2. The number of carbonyl (C=O) groups is 2. The molecule has 0 spiro atoms. The molecule has 5 nitrogen and oxygen atoms in total. The van der Waals surface area contributed by atoms with Crippen LogP contribution < -0.4 is 0 Å². The number of hydrogen-bond acceptors (Lipinski definition) is 4. The van der Waals surface area contributed by atoms with Gasteiger partial charge in [0, 0.05) is 6.54 Å². The predicted molar refractivity (Wildman–Crippen MR) is 69.9 cm³/mol. The first-order valence-corrected chi connectivity index (χ1v) is 7.18. The molecule has 2 heterocycles. The minimum absolute atomic E-state index is 0.0249. The topological polar surface area (TPSA) is 60.9 Å². The van der Waals surface area contributed by atoms with Crippen molar-refractivity contribution in [3.05, 3.63) is 11.1 Å². The van der Waals surface area contributed by atoms with E-state index in [4.69, 9.17) is 5.11 Å². The summed E-state index contributed by atoms with van der Waals surface area (Å²) in [7, 11) is 0. The van der Waals surface area contributed by atoms with E-state index >= 15 is 0 Å². The molecule has 0 bridgehead atoms. The number of carbonyl (C=O) groups excluding carboxylic acids is 1. The maximum atomic E-state index is 12.3. The van der Waals surface area contributed by atoms with Crippen LogP contribution in [0.4, 0.5) is 0 Å². The molecule has 0 aromatic rings. The molecule has 2 aliphatic heterocycles. The van der Waals surface area contributed by atoms with E-state index < -0.39 is 5.97 Å². The summed E-state index contributed by atoms with van der Waals surface area (Å²) in [5, 5.41) is 9.16. The Morgan fingerprint density at radius 1 is 1.44 bits per heavy atom. The zero-order valence-electron chi connectivity index (χ0n) is 10.5. The molecule has 1 atom stereocenters. The van der Waals surface area contributed by atoms with Crippen LogP contribution in [0.5, 0.6) is 0 Å².